The second-order valence-electron chi connectivity index (χ2n) is 7.97. The van der Waals surface area contributed by atoms with E-state index in [0.29, 0.717) is 0 Å². The van der Waals surface area contributed by atoms with E-state index in [2.05, 4.69) is 54.3 Å². The number of aliphatic carboxylic acids is 1. The minimum absolute atomic E-state index is 0.279. The third-order valence-corrected chi connectivity index (χ3v) is 5.70. The minimum atomic E-state index is -1.22. The van der Waals surface area contributed by atoms with E-state index in [-0.39, 0.29) is 5.57 Å². The lowest BCUT2D eigenvalue weighted by molar-refractivity contribution is -0.132. The van der Waals surface area contributed by atoms with Crippen molar-refractivity contribution in [2.75, 3.05) is 11.4 Å². The van der Waals surface area contributed by atoms with Gasteiger partial charge in [0, 0.05) is 17.9 Å². The molecule has 0 atom stereocenters. The van der Waals surface area contributed by atoms with Crippen molar-refractivity contribution in [2.24, 2.45) is 0 Å². The number of para-hydroxylation sites is 1. The average molecular weight is 427 g/mol. The molecular formula is C28H30N2O2. The first-order chi connectivity index (χ1) is 15.6. The highest BCUT2D eigenvalue weighted by atomic mass is 16.4. The third-order valence-electron chi connectivity index (χ3n) is 5.70. The Balaban J connectivity index is 1.80. The van der Waals surface area contributed by atoms with Gasteiger partial charge in [0.25, 0.3) is 0 Å². The SMILES string of the molecule is CCCCCCN1c2ccccc2CCc2cc(/C=C/C=C/C=C(\C#N)C(=O)O)ccc21. The van der Waals surface area contributed by atoms with Crippen molar-refractivity contribution in [2.45, 2.75) is 45.4 Å². The summed E-state index contributed by atoms with van der Waals surface area (Å²) in [6.07, 6.45) is 15.5. The van der Waals surface area contributed by atoms with Gasteiger partial charge in [0.2, 0.25) is 0 Å². The van der Waals surface area contributed by atoms with Crippen molar-refractivity contribution in [3.63, 3.8) is 0 Å². The van der Waals surface area contributed by atoms with Crippen LogP contribution in [0.3, 0.4) is 0 Å². The summed E-state index contributed by atoms with van der Waals surface area (Å²) < 4.78 is 0. The van der Waals surface area contributed by atoms with Crippen LogP contribution in [0, 0.1) is 11.3 Å². The summed E-state index contributed by atoms with van der Waals surface area (Å²) in [5.74, 6) is -1.22. The number of fused-ring (bicyclic) bond motifs is 2. The van der Waals surface area contributed by atoms with E-state index < -0.39 is 5.97 Å². The Labute approximate surface area is 190 Å². The molecule has 2 aromatic carbocycles. The first-order valence-electron chi connectivity index (χ1n) is 11.3. The predicted molar refractivity (Wildman–Crippen MR) is 131 cm³/mol. The summed E-state index contributed by atoms with van der Waals surface area (Å²) in [4.78, 5) is 13.3. The van der Waals surface area contributed by atoms with Crippen LogP contribution in [-0.4, -0.2) is 17.6 Å². The van der Waals surface area contributed by atoms with Crippen LogP contribution in [0.25, 0.3) is 6.08 Å². The number of nitrogens with zero attached hydrogens (tertiary/aromatic N) is 2. The van der Waals surface area contributed by atoms with E-state index in [0.717, 1.165) is 24.9 Å². The van der Waals surface area contributed by atoms with Gasteiger partial charge in [0.15, 0.2) is 0 Å². The summed E-state index contributed by atoms with van der Waals surface area (Å²) >= 11 is 0. The van der Waals surface area contributed by atoms with Crippen molar-refractivity contribution in [3.8, 4) is 6.07 Å². The van der Waals surface area contributed by atoms with Crippen LogP contribution in [0.2, 0.25) is 0 Å². The minimum Gasteiger partial charge on any atom is -0.477 e. The monoisotopic (exact) mass is 426 g/mol. The molecule has 1 heterocycles. The van der Waals surface area contributed by atoms with E-state index in [9.17, 15) is 4.79 Å². The molecule has 1 aliphatic heterocycles. The Bertz CT molecular complexity index is 1070. The molecule has 4 heteroatoms. The topological polar surface area (TPSA) is 64.3 Å². The van der Waals surface area contributed by atoms with Crippen molar-refractivity contribution in [3.05, 3.63) is 89.0 Å². The lowest BCUT2D eigenvalue weighted by Crippen LogP contribution is -2.19. The summed E-state index contributed by atoms with van der Waals surface area (Å²) in [6, 6.07) is 17.0. The average Bonchev–Trinajstić information content (AvgIpc) is 2.95. The van der Waals surface area contributed by atoms with E-state index in [4.69, 9.17) is 10.4 Å². The highest BCUT2D eigenvalue weighted by Gasteiger charge is 2.20. The second kappa shape index (κ2) is 11.7. The molecule has 1 N–H and O–H groups in total. The maximum absolute atomic E-state index is 10.8. The molecule has 0 saturated carbocycles. The van der Waals surface area contributed by atoms with Gasteiger partial charge in [-0.15, -0.1) is 0 Å². The second-order valence-corrected chi connectivity index (χ2v) is 7.97. The summed E-state index contributed by atoms with van der Waals surface area (Å²) in [5, 5.41) is 17.6. The fourth-order valence-corrected chi connectivity index (χ4v) is 4.03. The number of carboxylic acids is 1. The molecular weight excluding hydrogens is 396 g/mol. The number of benzene rings is 2. The van der Waals surface area contributed by atoms with Gasteiger partial charge in [-0.25, -0.2) is 4.79 Å². The number of hydrogen-bond donors (Lipinski definition) is 1. The highest BCUT2D eigenvalue weighted by molar-refractivity contribution is 5.91. The lowest BCUT2D eigenvalue weighted by atomic mass is 10.0. The smallest absolute Gasteiger partial charge is 0.346 e. The molecule has 0 aromatic heterocycles. The van der Waals surface area contributed by atoms with E-state index in [1.54, 1.807) is 18.2 Å². The number of carbonyl (C=O) groups is 1. The number of anilines is 2. The third kappa shape index (κ3) is 5.98. The zero-order valence-electron chi connectivity index (χ0n) is 18.6. The van der Waals surface area contributed by atoms with Gasteiger partial charge in [0.05, 0.1) is 0 Å². The molecule has 0 aliphatic carbocycles. The van der Waals surface area contributed by atoms with Crippen LogP contribution >= 0.6 is 0 Å². The molecule has 3 rings (SSSR count). The summed E-state index contributed by atoms with van der Waals surface area (Å²) in [6.45, 7) is 3.27. The van der Waals surface area contributed by atoms with Crippen LogP contribution in [0.5, 0.6) is 0 Å². The lowest BCUT2D eigenvalue weighted by Gasteiger charge is -2.27. The number of aryl methyl sites for hydroxylation is 2. The molecule has 2 aromatic rings. The predicted octanol–water partition coefficient (Wildman–Crippen LogP) is 6.61. The number of unbranched alkanes of at least 4 members (excludes halogenated alkanes) is 3. The van der Waals surface area contributed by atoms with Crippen LogP contribution in [0.4, 0.5) is 11.4 Å². The largest absolute Gasteiger partial charge is 0.477 e. The molecule has 4 nitrogen and oxygen atoms in total. The molecule has 164 valence electrons. The molecule has 0 spiro atoms. The Morgan fingerprint density at radius 3 is 2.59 bits per heavy atom. The van der Waals surface area contributed by atoms with Gasteiger partial charge in [-0.1, -0.05) is 74.8 Å². The standard InChI is InChI=1S/C28H30N2O2/c1-2-3-4-10-19-30-26-14-9-8-12-23(26)16-17-24-20-22(15-18-27(24)30)11-6-5-7-13-25(21-29)28(31)32/h5-9,11-15,18,20H,2-4,10,16-17,19H2,1H3,(H,31,32)/b7-5+,11-6+,25-13+. The van der Waals surface area contributed by atoms with Gasteiger partial charge in [-0.2, -0.15) is 5.26 Å². The van der Waals surface area contributed by atoms with Crippen LogP contribution in [0.15, 0.2) is 72.3 Å². The van der Waals surface area contributed by atoms with Gasteiger partial charge < -0.3 is 10.0 Å². The van der Waals surface area contributed by atoms with Crippen molar-refractivity contribution < 1.29 is 9.90 Å². The fraction of sp³-hybridized carbons (Fsp3) is 0.286. The van der Waals surface area contributed by atoms with E-state index in [1.165, 1.54) is 54.3 Å². The van der Waals surface area contributed by atoms with Crippen molar-refractivity contribution in [1.82, 2.24) is 0 Å². The first kappa shape index (κ1) is 23.1. The maximum atomic E-state index is 10.8. The summed E-state index contributed by atoms with van der Waals surface area (Å²) in [5.41, 5.74) is 6.19. The molecule has 0 bridgehead atoms. The number of carboxylic acid groups (broad SMARTS) is 1. The molecule has 32 heavy (non-hydrogen) atoms. The Hall–Kier alpha value is -3.58. The van der Waals surface area contributed by atoms with Gasteiger partial charge in [0.1, 0.15) is 11.6 Å². The van der Waals surface area contributed by atoms with Crippen LogP contribution < -0.4 is 4.90 Å². The fourth-order valence-electron chi connectivity index (χ4n) is 4.03. The molecule has 0 amide bonds. The molecule has 0 saturated heterocycles. The van der Waals surface area contributed by atoms with Crippen molar-refractivity contribution >= 4 is 23.4 Å². The van der Waals surface area contributed by atoms with Gasteiger partial charge in [-0.05, 0) is 60.2 Å². The van der Waals surface area contributed by atoms with Crippen molar-refractivity contribution in [1.29, 1.82) is 5.26 Å². The molecule has 0 unspecified atom stereocenters. The Morgan fingerprint density at radius 1 is 1.03 bits per heavy atom. The zero-order chi connectivity index (χ0) is 22.8. The Kier molecular flexibility index (Phi) is 8.45. The summed E-state index contributed by atoms with van der Waals surface area (Å²) in [7, 11) is 0. The molecule has 1 aliphatic rings. The zero-order valence-corrected chi connectivity index (χ0v) is 18.6. The van der Waals surface area contributed by atoms with E-state index in [1.807, 2.05) is 12.2 Å². The van der Waals surface area contributed by atoms with E-state index >= 15 is 0 Å². The quantitative estimate of drug-likeness (QED) is 0.212. The molecule has 0 fully saturated rings. The first-order valence-corrected chi connectivity index (χ1v) is 11.3. The van der Waals surface area contributed by atoms with Gasteiger partial charge >= 0.3 is 5.97 Å². The highest BCUT2D eigenvalue weighted by Crippen LogP contribution is 2.36. The number of hydrogen-bond acceptors (Lipinski definition) is 3. The number of allylic oxidation sites excluding steroid dienone is 4. The normalized spacial score (nSPS) is 13.6. The maximum Gasteiger partial charge on any atom is 0.346 e. The molecule has 0 radical (unpaired) electrons. The van der Waals surface area contributed by atoms with Crippen LogP contribution in [-0.2, 0) is 17.6 Å². The Morgan fingerprint density at radius 2 is 1.81 bits per heavy atom. The van der Waals surface area contributed by atoms with Gasteiger partial charge in [-0.3, -0.25) is 0 Å². The number of rotatable bonds is 9. The number of nitriles is 1. The van der Waals surface area contributed by atoms with Crippen LogP contribution in [0.1, 0.15) is 49.3 Å².